The van der Waals surface area contributed by atoms with Gasteiger partial charge in [0.15, 0.2) is 5.96 Å². The number of guanidine groups is 1. The summed E-state index contributed by atoms with van der Waals surface area (Å²) >= 11 is 0. The molecular weight excluding hydrogens is 527 g/mol. The van der Waals surface area contributed by atoms with Crippen LogP contribution in [0.1, 0.15) is 30.9 Å². The molecule has 0 bridgehead atoms. The Kier molecular flexibility index (Phi) is 10.8. The van der Waals surface area contributed by atoms with Gasteiger partial charge in [0, 0.05) is 51.6 Å². The number of nitrogens with zero attached hydrogens (tertiary/aromatic N) is 3. The molecule has 2 heterocycles. The lowest BCUT2D eigenvalue weighted by Gasteiger charge is -2.37. The first-order valence-electron chi connectivity index (χ1n) is 11.9. The smallest absolute Gasteiger partial charge is 0.194 e. The molecule has 0 atom stereocenters. The van der Waals surface area contributed by atoms with Gasteiger partial charge in [0.05, 0.1) is 19.3 Å². The normalized spacial score (nSPS) is 17.5. The van der Waals surface area contributed by atoms with Gasteiger partial charge in [-0.2, -0.15) is 0 Å². The molecule has 0 saturated carbocycles. The van der Waals surface area contributed by atoms with Crippen molar-refractivity contribution in [3.8, 4) is 0 Å². The molecule has 1 N–H and O–H groups in total. The summed E-state index contributed by atoms with van der Waals surface area (Å²) < 4.78 is 11.4. The Hall–Kier alpha value is -1.84. The topological polar surface area (TPSA) is 49.3 Å². The van der Waals surface area contributed by atoms with Crippen molar-refractivity contribution in [3.05, 3.63) is 65.7 Å². The largest absolute Gasteiger partial charge is 0.381 e. The molecule has 0 spiro atoms. The van der Waals surface area contributed by atoms with Crippen LogP contribution in [0.15, 0.2) is 59.6 Å². The molecule has 2 aromatic rings. The number of hydrogen-bond donors (Lipinski definition) is 1. The highest BCUT2D eigenvalue weighted by Crippen LogP contribution is 2.16. The summed E-state index contributed by atoms with van der Waals surface area (Å²) in [5, 5.41) is 3.47. The lowest BCUT2D eigenvalue weighted by atomic mass is 10.1. The van der Waals surface area contributed by atoms with Crippen molar-refractivity contribution in [3.63, 3.8) is 0 Å². The van der Waals surface area contributed by atoms with E-state index in [9.17, 15) is 0 Å². The van der Waals surface area contributed by atoms with Crippen LogP contribution in [0.25, 0.3) is 0 Å². The monoisotopic (exact) mass is 564 g/mol. The van der Waals surface area contributed by atoms with E-state index in [1.807, 2.05) is 0 Å². The van der Waals surface area contributed by atoms with Gasteiger partial charge in [-0.25, -0.2) is 4.99 Å². The first-order valence-corrected chi connectivity index (χ1v) is 11.9. The van der Waals surface area contributed by atoms with Crippen LogP contribution in [0.3, 0.4) is 0 Å². The highest BCUT2D eigenvalue weighted by molar-refractivity contribution is 14.0. The molecular formula is C26H37IN4O2. The molecule has 180 valence electrons. The molecule has 2 saturated heterocycles. The van der Waals surface area contributed by atoms with E-state index in [-0.39, 0.29) is 24.0 Å². The Balaban J connectivity index is 0.00000306. The number of rotatable bonds is 7. The van der Waals surface area contributed by atoms with Gasteiger partial charge in [-0.1, -0.05) is 42.5 Å². The zero-order valence-electron chi connectivity index (χ0n) is 19.6. The van der Waals surface area contributed by atoms with Crippen LogP contribution in [-0.2, 0) is 22.6 Å². The molecule has 0 unspecified atom stereocenters. The van der Waals surface area contributed by atoms with E-state index >= 15 is 0 Å². The van der Waals surface area contributed by atoms with Crippen LogP contribution in [0, 0.1) is 0 Å². The SMILES string of the molecule is CCNC(=NCc1ccc(COC2CCOCC2)cc1)N1CCN(c2ccccc2)CC1.I. The quantitative estimate of drug-likeness (QED) is 0.309. The van der Waals surface area contributed by atoms with E-state index in [0.29, 0.717) is 19.3 Å². The summed E-state index contributed by atoms with van der Waals surface area (Å²) in [5.41, 5.74) is 3.74. The molecule has 0 aromatic heterocycles. The average Bonchev–Trinajstić information content (AvgIpc) is 2.87. The predicted molar refractivity (Wildman–Crippen MR) is 146 cm³/mol. The zero-order chi connectivity index (χ0) is 22.0. The van der Waals surface area contributed by atoms with Crippen molar-refractivity contribution in [1.82, 2.24) is 10.2 Å². The third-order valence-electron chi connectivity index (χ3n) is 6.12. The maximum absolute atomic E-state index is 6.03. The fraction of sp³-hybridized carbons (Fsp3) is 0.500. The summed E-state index contributed by atoms with van der Waals surface area (Å²) in [5.74, 6) is 1.01. The minimum atomic E-state index is 0. The van der Waals surface area contributed by atoms with E-state index in [4.69, 9.17) is 14.5 Å². The third kappa shape index (κ3) is 7.86. The lowest BCUT2D eigenvalue weighted by Crippen LogP contribution is -2.52. The number of para-hydroxylation sites is 1. The van der Waals surface area contributed by atoms with E-state index in [0.717, 1.165) is 64.7 Å². The van der Waals surface area contributed by atoms with Crippen LogP contribution in [-0.4, -0.2) is 62.9 Å². The fourth-order valence-electron chi connectivity index (χ4n) is 4.20. The molecule has 7 heteroatoms. The summed E-state index contributed by atoms with van der Waals surface area (Å²) in [4.78, 5) is 9.74. The molecule has 2 aliphatic heterocycles. The van der Waals surface area contributed by atoms with E-state index < -0.39 is 0 Å². The number of aliphatic imine (C=N–C) groups is 1. The average molecular weight is 565 g/mol. The number of piperazine rings is 1. The molecule has 2 aliphatic rings. The summed E-state index contributed by atoms with van der Waals surface area (Å²) in [6.45, 7) is 9.96. The highest BCUT2D eigenvalue weighted by Gasteiger charge is 2.19. The van der Waals surface area contributed by atoms with Gasteiger partial charge in [0.1, 0.15) is 0 Å². The van der Waals surface area contributed by atoms with Crippen molar-refractivity contribution < 1.29 is 9.47 Å². The Morgan fingerprint density at radius 2 is 1.64 bits per heavy atom. The predicted octanol–water partition coefficient (Wildman–Crippen LogP) is 4.29. The van der Waals surface area contributed by atoms with Crippen LogP contribution in [0.2, 0.25) is 0 Å². The minimum Gasteiger partial charge on any atom is -0.381 e. The molecule has 6 nitrogen and oxygen atoms in total. The van der Waals surface area contributed by atoms with Crippen molar-refractivity contribution in [1.29, 1.82) is 0 Å². The molecule has 33 heavy (non-hydrogen) atoms. The van der Waals surface area contributed by atoms with Gasteiger partial charge in [-0.15, -0.1) is 24.0 Å². The van der Waals surface area contributed by atoms with Gasteiger partial charge in [0.2, 0.25) is 0 Å². The second-order valence-corrected chi connectivity index (χ2v) is 8.42. The Bertz CT molecular complexity index is 833. The summed E-state index contributed by atoms with van der Waals surface area (Å²) in [6, 6.07) is 19.3. The van der Waals surface area contributed by atoms with Gasteiger partial charge < -0.3 is 24.6 Å². The first-order chi connectivity index (χ1) is 15.8. The molecule has 0 aliphatic carbocycles. The standard InChI is InChI=1S/C26H36N4O2.HI/c1-2-27-26(30-16-14-29(15-17-30)24-6-4-3-5-7-24)28-20-22-8-10-23(11-9-22)21-32-25-12-18-31-19-13-25;/h3-11,25H,2,12-21H2,1H3,(H,27,28);1H. The number of hydrogen-bond acceptors (Lipinski definition) is 4. The maximum Gasteiger partial charge on any atom is 0.194 e. The van der Waals surface area contributed by atoms with Crippen LogP contribution in [0.5, 0.6) is 0 Å². The molecule has 0 radical (unpaired) electrons. The summed E-state index contributed by atoms with van der Waals surface area (Å²) in [7, 11) is 0. The van der Waals surface area contributed by atoms with Gasteiger partial charge in [-0.3, -0.25) is 0 Å². The number of ether oxygens (including phenoxy) is 2. The van der Waals surface area contributed by atoms with Gasteiger partial charge in [-0.05, 0) is 43.0 Å². The lowest BCUT2D eigenvalue weighted by molar-refractivity contribution is -0.0390. The molecule has 4 rings (SSSR count). The van der Waals surface area contributed by atoms with Crippen molar-refractivity contribution in [2.45, 2.75) is 39.0 Å². The Labute approximate surface area is 215 Å². The number of halogens is 1. The van der Waals surface area contributed by atoms with E-state index in [1.165, 1.54) is 16.8 Å². The zero-order valence-corrected chi connectivity index (χ0v) is 21.9. The number of nitrogens with one attached hydrogen (secondary N) is 1. The van der Waals surface area contributed by atoms with E-state index in [1.54, 1.807) is 0 Å². The van der Waals surface area contributed by atoms with Crippen LogP contribution in [0.4, 0.5) is 5.69 Å². The fourth-order valence-corrected chi connectivity index (χ4v) is 4.20. The van der Waals surface area contributed by atoms with Crippen molar-refractivity contribution in [2.24, 2.45) is 4.99 Å². The number of anilines is 1. The van der Waals surface area contributed by atoms with Gasteiger partial charge in [0.25, 0.3) is 0 Å². The van der Waals surface area contributed by atoms with Crippen LogP contribution >= 0.6 is 24.0 Å². The molecule has 2 fully saturated rings. The van der Waals surface area contributed by atoms with E-state index in [2.05, 4.69) is 76.6 Å². The maximum atomic E-state index is 6.03. The Morgan fingerprint density at radius 3 is 2.30 bits per heavy atom. The third-order valence-corrected chi connectivity index (χ3v) is 6.12. The van der Waals surface area contributed by atoms with Gasteiger partial charge >= 0.3 is 0 Å². The van der Waals surface area contributed by atoms with Crippen LogP contribution < -0.4 is 10.2 Å². The molecule has 2 aromatic carbocycles. The second kappa shape index (κ2) is 13.8. The minimum absolute atomic E-state index is 0. The Morgan fingerprint density at radius 1 is 0.970 bits per heavy atom. The van der Waals surface area contributed by atoms with Crippen molar-refractivity contribution in [2.75, 3.05) is 50.8 Å². The summed E-state index contributed by atoms with van der Waals surface area (Å²) in [6.07, 6.45) is 2.33. The first kappa shape index (κ1) is 25.8. The van der Waals surface area contributed by atoms with Crippen molar-refractivity contribution >= 4 is 35.6 Å². The second-order valence-electron chi connectivity index (χ2n) is 8.42. The molecule has 0 amide bonds. The number of benzene rings is 2. The highest BCUT2D eigenvalue weighted by atomic mass is 127.